The maximum absolute atomic E-state index is 5.66. The minimum atomic E-state index is -0.128. The van der Waals surface area contributed by atoms with Gasteiger partial charge in [-0.25, -0.2) is 0 Å². The first-order chi connectivity index (χ1) is 7.66. The van der Waals surface area contributed by atoms with Crippen molar-refractivity contribution >= 4 is 0 Å². The second kappa shape index (κ2) is 5.23. The molecule has 1 aromatic rings. The van der Waals surface area contributed by atoms with Crippen molar-refractivity contribution in [3.05, 3.63) is 23.7 Å². The van der Waals surface area contributed by atoms with Gasteiger partial charge in [0.1, 0.15) is 12.4 Å². The Morgan fingerprint density at radius 1 is 1.18 bits per heavy atom. The summed E-state index contributed by atoms with van der Waals surface area (Å²) in [7, 11) is 0. The molecule has 0 saturated heterocycles. The van der Waals surface area contributed by atoms with Crippen LogP contribution < -0.4 is 5.32 Å². The lowest BCUT2D eigenvalue weighted by atomic mass is 10.1. The molecule has 0 aliphatic carbocycles. The second-order valence-electron chi connectivity index (χ2n) is 6.43. The van der Waals surface area contributed by atoms with E-state index < -0.39 is 0 Å². The molecule has 0 aromatic carbocycles. The van der Waals surface area contributed by atoms with Crippen molar-refractivity contribution in [2.24, 2.45) is 0 Å². The van der Waals surface area contributed by atoms with Crippen LogP contribution in [0.1, 0.15) is 52.9 Å². The highest BCUT2D eigenvalue weighted by Gasteiger charge is 2.13. The van der Waals surface area contributed by atoms with Crippen LogP contribution in [-0.2, 0) is 17.9 Å². The van der Waals surface area contributed by atoms with Gasteiger partial charge in [0.05, 0.1) is 11.9 Å². The van der Waals surface area contributed by atoms with Gasteiger partial charge in [-0.3, -0.25) is 0 Å². The summed E-state index contributed by atoms with van der Waals surface area (Å²) in [5.74, 6) is 0.880. The lowest BCUT2D eigenvalue weighted by Crippen LogP contribution is -2.34. The summed E-state index contributed by atoms with van der Waals surface area (Å²) in [5.41, 5.74) is 1.16. The predicted octanol–water partition coefficient (Wildman–Crippen LogP) is 3.48. The Bertz CT molecular complexity index is 309. The minimum absolute atomic E-state index is 0.124. The van der Waals surface area contributed by atoms with E-state index in [9.17, 15) is 0 Å². The van der Waals surface area contributed by atoms with Gasteiger partial charge in [0, 0.05) is 17.6 Å². The van der Waals surface area contributed by atoms with E-state index >= 15 is 0 Å². The van der Waals surface area contributed by atoms with Crippen molar-refractivity contribution in [2.45, 2.75) is 65.8 Å². The Morgan fingerprint density at radius 2 is 1.82 bits per heavy atom. The zero-order chi connectivity index (χ0) is 13.1. The first-order valence-corrected chi connectivity index (χ1v) is 6.11. The van der Waals surface area contributed by atoms with Gasteiger partial charge in [0.25, 0.3) is 0 Å². The first-order valence-electron chi connectivity index (χ1n) is 6.11. The van der Waals surface area contributed by atoms with E-state index in [0.29, 0.717) is 6.61 Å². The summed E-state index contributed by atoms with van der Waals surface area (Å²) in [6, 6.07) is 2.05. The molecule has 0 saturated carbocycles. The van der Waals surface area contributed by atoms with Crippen LogP contribution in [0.15, 0.2) is 16.7 Å². The molecule has 3 heteroatoms. The van der Waals surface area contributed by atoms with Crippen LogP contribution >= 0.6 is 0 Å². The van der Waals surface area contributed by atoms with E-state index in [0.717, 1.165) is 17.9 Å². The Labute approximate surface area is 105 Å². The van der Waals surface area contributed by atoms with Crippen LogP contribution in [0.4, 0.5) is 0 Å². The number of hydrogen-bond donors (Lipinski definition) is 1. The van der Waals surface area contributed by atoms with Crippen LogP contribution in [0.25, 0.3) is 0 Å². The van der Waals surface area contributed by atoms with Crippen molar-refractivity contribution in [1.29, 1.82) is 0 Å². The number of hydrogen-bond acceptors (Lipinski definition) is 3. The molecule has 0 bridgehead atoms. The van der Waals surface area contributed by atoms with Crippen LogP contribution in [0.5, 0.6) is 0 Å². The predicted molar refractivity (Wildman–Crippen MR) is 69.8 cm³/mol. The van der Waals surface area contributed by atoms with Gasteiger partial charge in [0.15, 0.2) is 0 Å². The van der Waals surface area contributed by atoms with Crippen molar-refractivity contribution in [1.82, 2.24) is 5.32 Å². The van der Waals surface area contributed by atoms with Gasteiger partial charge >= 0.3 is 0 Å². The molecule has 0 fully saturated rings. The Kier molecular flexibility index (Phi) is 4.39. The molecule has 0 radical (unpaired) electrons. The van der Waals surface area contributed by atoms with E-state index in [1.54, 1.807) is 6.26 Å². The van der Waals surface area contributed by atoms with E-state index in [4.69, 9.17) is 9.15 Å². The molecular formula is C14H25NO2. The van der Waals surface area contributed by atoms with Gasteiger partial charge < -0.3 is 14.5 Å². The number of ether oxygens (including phenoxy) is 1. The van der Waals surface area contributed by atoms with Crippen molar-refractivity contribution in [3.8, 4) is 0 Å². The van der Waals surface area contributed by atoms with Crippen LogP contribution in [0, 0.1) is 0 Å². The number of furan rings is 1. The molecule has 1 heterocycles. The van der Waals surface area contributed by atoms with Crippen LogP contribution in [0.3, 0.4) is 0 Å². The average Bonchev–Trinajstić information content (AvgIpc) is 2.57. The highest BCUT2D eigenvalue weighted by atomic mass is 16.5. The highest BCUT2D eigenvalue weighted by molar-refractivity contribution is 5.12. The zero-order valence-electron chi connectivity index (χ0n) is 11.9. The SMILES string of the molecule is CC(C)(C)NCc1coc(COC(C)(C)C)c1. The topological polar surface area (TPSA) is 34.4 Å². The Balaban J connectivity index is 2.43. The van der Waals surface area contributed by atoms with Gasteiger partial charge in [-0.1, -0.05) is 0 Å². The molecule has 0 atom stereocenters. The molecule has 0 spiro atoms. The quantitative estimate of drug-likeness (QED) is 0.873. The summed E-state index contributed by atoms with van der Waals surface area (Å²) < 4.78 is 11.1. The molecule has 1 aromatic heterocycles. The standard InChI is InChI=1S/C14H25NO2/c1-13(2,3)15-8-11-7-12(16-9-11)10-17-14(4,5)6/h7,9,15H,8,10H2,1-6H3. The molecule has 0 aliphatic rings. The molecule has 17 heavy (non-hydrogen) atoms. The monoisotopic (exact) mass is 239 g/mol. The van der Waals surface area contributed by atoms with Gasteiger partial charge in [-0.05, 0) is 47.6 Å². The molecule has 1 N–H and O–H groups in total. The fourth-order valence-corrected chi connectivity index (χ4v) is 1.25. The fourth-order valence-electron chi connectivity index (χ4n) is 1.25. The maximum Gasteiger partial charge on any atom is 0.129 e. The summed E-state index contributed by atoms with van der Waals surface area (Å²) >= 11 is 0. The molecule has 1 rings (SSSR count). The summed E-state index contributed by atoms with van der Waals surface area (Å²) in [6.45, 7) is 13.9. The number of nitrogens with one attached hydrogen (secondary N) is 1. The lowest BCUT2D eigenvalue weighted by Gasteiger charge is -2.19. The van der Waals surface area contributed by atoms with E-state index in [2.05, 4.69) is 26.1 Å². The second-order valence-corrected chi connectivity index (χ2v) is 6.43. The normalized spacial score (nSPS) is 13.1. The van der Waals surface area contributed by atoms with Crippen molar-refractivity contribution in [2.75, 3.05) is 0 Å². The summed E-state index contributed by atoms with van der Waals surface area (Å²) in [4.78, 5) is 0. The molecular weight excluding hydrogens is 214 g/mol. The maximum atomic E-state index is 5.66. The Morgan fingerprint density at radius 3 is 2.35 bits per heavy atom. The molecule has 3 nitrogen and oxygen atoms in total. The zero-order valence-corrected chi connectivity index (χ0v) is 11.9. The molecule has 98 valence electrons. The fraction of sp³-hybridized carbons (Fsp3) is 0.714. The third-order valence-corrected chi connectivity index (χ3v) is 2.18. The Hall–Kier alpha value is -0.800. The van der Waals surface area contributed by atoms with Gasteiger partial charge in [-0.2, -0.15) is 0 Å². The molecule has 0 aliphatic heterocycles. The van der Waals surface area contributed by atoms with E-state index in [-0.39, 0.29) is 11.1 Å². The van der Waals surface area contributed by atoms with Gasteiger partial charge in [-0.15, -0.1) is 0 Å². The van der Waals surface area contributed by atoms with Crippen molar-refractivity contribution < 1.29 is 9.15 Å². The largest absolute Gasteiger partial charge is 0.467 e. The smallest absolute Gasteiger partial charge is 0.129 e. The van der Waals surface area contributed by atoms with Crippen molar-refractivity contribution in [3.63, 3.8) is 0 Å². The lowest BCUT2D eigenvalue weighted by molar-refractivity contribution is -0.0224. The first kappa shape index (κ1) is 14.3. The third kappa shape index (κ3) is 6.49. The van der Waals surface area contributed by atoms with Crippen LogP contribution in [-0.4, -0.2) is 11.1 Å². The molecule has 0 amide bonds. The third-order valence-electron chi connectivity index (χ3n) is 2.18. The highest BCUT2D eigenvalue weighted by Crippen LogP contribution is 2.15. The van der Waals surface area contributed by atoms with Crippen LogP contribution in [0.2, 0.25) is 0 Å². The summed E-state index contributed by atoms with van der Waals surface area (Å²) in [5, 5.41) is 3.42. The number of rotatable bonds is 4. The summed E-state index contributed by atoms with van der Waals surface area (Å²) in [6.07, 6.45) is 1.79. The van der Waals surface area contributed by atoms with Gasteiger partial charge in [0.2, 0.25) is 0 Å². The van der Waals surface area contributed by atoms with E-state index in [1.165, 1.54) is 0 Å². The van der Waals surface area contributed by atoms with E-state index in [1.807, 2.05) is 26.8 Å². The minimum Gasteiger partial charge on any atom is -0.467 e. The average molecular weight is 239 g/mol. The molecule has 0 unspecified atom stereocenters.